The Morgan fingerprint density at radius 1 is 1.00 bits per heavy atom. The summed E-state index contributed by atoms with van der Waals surface area (Å²) in [7, 11) is 0. The number of nitrogens with zero attached hydrogens (tertiary/aromatic N) is 2. The second-order valence-electron chi connectivity index (χ2n) is 8.93. The molecule has 1 aliphatic rings. The van der Waals surface area contributed by atoms with Gasteiger partial charge in [-0.05, 0) is 86.7 Å². The number of aromatic nitrogens is 1. The van der Waals surface area contributed by atoms with Crippen LogP contribution < -0.4 is 0 Å². The number of allylic oxidation sites excluding steroid dienone is 4. The number of aliphatic imine (C=N–C) groups is 1. The fourth-order valence-electron chi connectivity index (χ4n) is 4.48. The normalized spacial score (nSPS) is 14.0. The average molecular weight is 433 g/mol. The lowest BCUT2D eigenvalue weighted by Gasteiger charge is -2.08. The summed E-state index contributed by atoms with van der Waals surface area (Å²) in [5.74, 6) is 0.670. The molecule has 2 heterocycles. The zero-order chi connectivity index (χ0) is 22.9. The van der Waals surface area contributed by atoms with Gasteiger partial charge in [-0.25, -0.2) is 4.98 Å². The van der Waals surface area contributed by atoms with Crippen molar-refractivity contribution in [1.82, 2.24) is 4.98 Å². The molecule has 4 aromatic rings. The largest absolute Gasteiger partial charge is 0.436 e. The molecular formula is C30H28N2O. The van der Waals surface area contributed by atoms with E-state index < -0.39 is 0 Å². The van der Waals surface area contributed by atoms with Crippen LogP contribution in [0.1, 0.15) is 36.1 Å². The number of oxazole rings is 1. The molecule has 0 N–H and O–H groups in total. The molecule has 164 valence electrons. The number of hydrogen-bond acceptors (Lipinski definition) is 3. The van der Waals surface area contributed by atoms with Gasteiger partial charge in [0.05, 0.1) is 5.69 Å². The molecule has 0 saturated carbocycles. The molecule has 0 unspecified atom stereocenters. The Bertz CT molecular complexity index is 1420. The number of rotatable bonds is 5. The van der Waals surface area contributed by atoms with Crippen LogP contribution in [0, 0.1) is 13.8 Å². The highest BCUT2D eigenvalue weighted by Crippen LogP contribution is 2.30. The molecule has 0 radical (unpaired) electrons. The summed E-state index contributed by atoms with van der Waals surface area (Å²) in [4.78, 5) is 9.56. The Kier molecular flexibility index (Phi) is 5.55. The summed E-state index contributed by atoms with van der Waals surface area (Å²) in [6.45, 7) is 8.53. The lowest BCUT2D eigenvalue weighted by Crippen LogP contribution is -2.01. The second kappa shape index (κ2) is 8.67. The Hall–Kier alpha value is -3.72. The molecule has 1 aliphatic heterocycles. The molecule has 0 saturated heterocycles. The molecule has 5 rings (SSSR count). The highest BCUT2D eigenvalue weighted by atomic mass is 16.3. The van der Waals surface area contributed by atoms with Gasteiger partial charge < -0.3 is 4.42 Å². The highest BCUT2D eigenvalue weighted by molar-refractivity contribution is 6.06. The highest BCUT2D eigenvalue weighted by Gasteiger charge is 2.16. The Balaban J connectivity index is 1.39. The summed E-state index contributed by atoms with van der Waals surface area (Å²) >= 11 is 0. The van der Waals surface area contributed by atoms with Crippen molar-refractivity contribution in [1.29, 1.82) is 0 Å². The smallest absolute Gasteiger partial charge is 0.227 e. The predicted octanol–water partition coefficient (Wildman–Crippen LogP) is 7.88. The third-order valence-corrected chi connectivity index (χ3v) is 6.16. The van der Waals surface area contributed by atoms with Crippen LogP contribution in [-0.2, 0) is 12.8 Å². The summed E-state index contributed by atoms with van der Waals surface area (Å²) in [5.41, 5.74) is 12.5. The first-order chi connectivity index (χ1) is 16.0. The van der Waals surface area contributed by atoms with Crippen molar-refractivity contribution in [3.8, 4) is 11.5 Å². The molecule has 33 heavy (non-hydrogen) atoms. The van der Waals surface area contributed by atoms with Crippen molar-refractivity contribution in [2.24, 2.45) is 4.99 Å². The van der Waals surface area contributed by atoms with E-state index in [-0.39, 0.29) is 0 Å². The van der Waals surface area contributed by atoms with Crippen LogP contribution in [0.25, 0.3) is 22.6 Å². The first-order valence-corrected chi connectivity index (χ1v) is 11.5. The van der Waals surface area contributed by atoms with E-state index in [9.17, 15) is 0 Å². The van der Waals surface area contributed by atoms with Crippen LogP contribution >= 0.6 is 0 Å². The number of benzene rings is 3. The first kappa shape index (κ1) is 21.1. The lowest BCUT2D eigenvalue weighted by molar-refractivity contribution is 0.619. The maximum atomic E-state index is 6.01. The van der Waals surface area contributed by atoms with Gasteiger partial charge in [-0.3, -0.25) is 4.99 Å². The topological polar surface area (TPSA) is 38.4 Å². The third kappa shape index (κ3) is 4.45. The van der Waals surface area contributed by atoms with Gasteiger partial charge in [0.25, 0.3) is 0 Å². The van der Waals surface area contributed by atoms with Crippen molar-refractivity contribution in [3.05, 3.63) is 106 Å². The van der Waals surface area contributed by atoms with Gasteiger partial charge >= 0.3 is 0 Å². The van der Waals surface area contributed by atoms with E-state index in [2.05, 4.69) is 81.2 Å². The summed E-state index contributed by atoms with van der Waals surface area (Å²) in [6.07, 6.45) is 6.22. The lowest BCUT2D eigenvalue weighted by atomic mass is 9.97. The zero-order valence-electron chi connectivity index (χ0n) is 19.6. The van der Waals surface area contributed by atoms with Crippen molar-refractivity contribution < 1.29 is 4.42 Å². The minimum absolute atomic E-state index is 0.670. The predicted molar refractivity (Wildman–Crippen MR) is 137 cm³/mol. The zero-order valence-corrected chi connectivity index (χ0v) is 19.6. The van der Waals surface area contributed by atoms with Crippen LogP contribution in [0.4, 0.5) is 5.69 Å². The SMILES string of the molecule is C/C=C(\C=C(/C)C1=Nc2ccc(C)cc2C1)Cc1cc(C)cc(-c2nc3ccccc3o2)c1. The molecule has 0 fully saturated rings. The Morgan fingerprint density at radius 2 is 1.85 bits per heavy atom. The molecule has 0 aliphatic carbocycles. The van der Waals surface area contributed by atoms with E-state index in [1.807, 2.05) is 24.3 Å². The quantitative estimate of drug-likeness (QED) is 0.301. The van der Waals surface area contributed by atoms with E-state index in [4.69, 9.17) is 9.41 Å². The molecule has 3 heteroatoms. The van der Waals surface area contributed by atoms with Gasteiger partial charge in [0.15, 0.2) is 5.58 Å². The monoisotopic (exact) mass is 432 g/mol. The average Bonchev–Trinajstić information content (AvgIpc) is 3.42. The maximum absolute atomic E-state index is 6.01. The standard InChI is InChI=1S/C30H28N2O/c1-5-22(15-21(4)28-18-24-13-19(2)10-11-26(24)31-28)16-23-12-20(3)14-25(17-23)30-32-27-8-6-7-9-29(27)33-30/h5-15,17H,16,18H2,1-4H3/b21-15+,22-5+. The van der Waals surface area contributed by atoms with Crippen molar-refractivity contribution in [2.45, 2.75) is 40.5 Å². The van der Waals surface area contributed by atoms with Crippen molar-refractivity contribution in [2.75, 3.05) is 0 Å². The van der Waals surface area contributed by atoms with E-state index in [1.54, 1.807) is 0 Å². The summed E-state index contributed by atoms with van der Waals surface area (Å²) < 4.78 is 6.01. The number of para-hydroxylation sites is 2. The van der Waals surface area contributed by atoms with Gasteiger partial charge in [-0.2, -0.15) is 0 Å². The van der Waals surface area contributed by atoms with Crippen molar-refractivity contribution in [3.63, 3.8) is 0 Å². The fraction of sp³-hybridized carbons (Fsp3) is 0.200. The van der Waals surface area contributed by atoms with Gasteiger partial charge in [-0.1, -0.05) is 53.6 Å². The molecule has 0 amide bonds. The Labute approximate surface area is 195 Å². The first-order valence-electron chi connectivity index (χ1n) is 11.5. The molecule has 3 aromatic carbocycles. The van der Waals surface area contributed by atoms with Gasteiger partial charge in [0.2, 0.25) is 5.89 Å². The molecular weight excluding hydrogens is 404 g/mol. The molecule has 0 spiro atoms. The van der Waals surface area contributed by atoms with Crippen molar-refractivity contribution >= 4 is 22.5 Å². The summed E-state index contributed by atoms with van der Waals surface area (Å²) in [5, 5.41) is 0. The number of fused-ring (bicyclic) bond motifs is 2. The van der Waals surface area contributed by atoms with Crippen LogP contribution in [-0.4, -0.2) is 10.7 Å². The van der Waals surface area contributed by atoms with E-state index in [0.29, 0.717) is 5.89 Å². The minimum atomic E-state index is 0.670. The van der Waals surface area contributed by atoms with Crippen LogP contribution in [0.2, 0.25) is 0 Å². The molecule has 1 aromatic heterocycles. The van der Waals surface area contributed by atoms with E-state index in [1.165, 1.54) is 33.4 Å². The fourth-order valence-corrected chi connectivity index (χ4v) is 4.48. The maximum Gasteiger partial charge on any atom is 0.227 e. The molecule has 3 nitrogen and oxygen atoms in total. The Morgan fingerprint density at radius 3 is 2.67 bits per heavy atom. The minimum Gasteiger partial charge on any atom is -0.436 e. The second-order valence-corrected chi connectivity index (χ2v) is 8.93. The summed E-state index contributed by atoms with van der Waals surface area (Å²) in [6, 6.07) is 21.0. The van der Waals surface area contributed by atoms with Gasteiger partial charge in [-0.15, -0.1) is 0 Å². The van der Waals surface area contributed by atoms with Gasteiger partial charge in [0.1, 0.15) is 5.52 Å². The van der Waals surface area contributed by atoms with Crippen LogP contribution in [0.15, 0.2) is 93.4 Å². The molecule has 0 bridgehead atoms. The number of hydrogen-bond donors (Lipinski definition) is 0. The van der Waals surface area contributed by atoms with E-state index in [0.717, 1.165) is 40.9 Å². The third-order valence-electron chi connectivity index (χ3n) is 6.16. The van der Waals surface area contributed by atoms with Gasteiger partial charge in [0, 0.05) is 17.7 Å². The van der Waals surface area contributed by atoms with E-state index >= 15 is 0 Å². The van der Waals surface area contributed by atoms with Crippen LogP contribution in [0.5, 0.6) is 0 Å². The number of aryl methyl sites for hydroxylation is 2. The molecule has 0 atom stereocenters. The van der Waals surface area contributed by atoms with Crippen LogP contribution in [0.3, 0.4) is 0 Å².